The van der Waals surface area contributed by atoms with Gasteiger partial charge in [0, 0.05) is 17.1 Å². The van der Waals surface area contributed by atoms with Crippen molar-refractivity contribution in [2.75, 3.05) is 11.5 Å². The van der Waals surface area contributed by atoms with Gasteiger partial charge in [0.2, 0.25) is 0 Å². The standard InChI is InChI=1S/C7H10BrN3/c1-4-5(9)2-7(10)11-6(4)3-8/h2H,3H2,1H3,(H4,9,10,11). The van der Waals surface area contributed by atoms with E-state index in [2.05, 4.69) is 20.9 Å². The molecule has 0 bridgehead atoms. The molecule has 0 fully saturated rings. The van der Waals surface area contributed by atoms with Crippen LogP contribution in [0.4, 0.5) is 11.5 Å². The summed E-state index contributed by atoms with van der Waals surface area (Å²) in [5.74, 6) is 0.475. The Kier molecular flexibility index (Phi) is 2.34. The fourth-order valence-corrected chi connectivity index (χ4v) is 1.38. The first-order valence-corrected chi connectivity index (χ1v) is 4.34. The summed E-state index contributed by atoms with van der Waals surface area (Å²) in [6.07, 6.45) is 0. The molecule has 0 unspecified atom stereocenters. The van der Waals surface area contributed by atoms with Crippen LogP contribution < -0.4 is 11.5 Å². The summed E-state index contributed by atoms with van der Waals surface area (Å²) in [4.78, 5) is 4.10. The summed E-state index contributed by atoms with van der Waals surface area (Å²) in [6.45, 7) is 1.93. The van der Waals surface area contributed by atoms with Crippen LogP contribution in [0.15, 0.2) is 6.07 Å². The number of aromatic nitrogens is 1. The monoisotopic (exact) mass is 215 g/mol. The number of pyridine rings is 1. The predicted molar refractivity (Wildman–Crippen MR) is 50.4 cm³/mol. The number of anilines is 2. The van der Waals surface area contributed by atoms with Gasteiger partial charge in [-0.25, -0.2) is 4.98 Å². The number of halogens is 1. The lowest BCUT2D eigenvalue weighted by Crippen LogP contribution is -2.01. The van der Waals surface area contributed by atoms with Gasteiger partial charge in [0.05, 0.1) is 5.69 Å². The molecule has 4 N–H and O–H groups in total. The van der Waals surface area contributed by atoms with E-state index in [1.165, 1.54) is 0 Å². The van der Waals surface area contributed by atoms with Crippen LogP contribution >= 0.6 is 15.9 Å². The van der Waals surface area contributed by atoms with Crippen molar-refractivity contribution in [1.82, 2.24) is 4.98 Å². The van der Waals surface area contributed by atoms with Crippen molar-refractivity contribution >= 4 is 27.4 Å². The van der Waals surface area contributed by atoms with E-state index >= 15 is 0 Å². The maximum Gasteiger partial charge on any atom is 0.125 e. The lowest BCUT2D eigenvalue weighted by Gasteiger charge is -2.05. The molecule has 0 saturated heterocycles. The average molecular weight is 216 g/mol. The van der Waals surface area contributed by atoms with Crippen molar-refractivity contribution in [2.24, 2.45) is 0 Å². The van der Waals surface area contributed by atoms with Gasteiger partial charge in [0.25, 0.3) is 0 Å². The Hall–Kier alpha value is -0.770. The van der Waals surface area contributed by atoms with Crippen molar-refractivity contribution < 1.29 is 0 Å². The van der Waals surface area contributed by atoms with Gasteiger partial charge >= 0.3 is 0 Å². The van der Waals surface area contributed by atoms with Crippen LogP contribution in [0.3, 0.4) is 0 Å². The Balaban J connectivity index is 3.24. The zero-order chi connectivity index (χ0) is 8.43. The molecule has 1 rings (SSSR count). The SMILES string of the molecule is Cc1c(N)cc(N)nc1CBr. The number of rotatable bonds is 1. The van der Waals surface area contributed by atoms with Gasteiger partial charge in [-0.3, -0.25) is 0 Å². The van der Waals surface area contributed by atoms with E-state index in [0.29, 0.717) is 16.8 Å². The van der Waals surface area contributed by atoms with Crippen molar-refractivity contribution in [3.63, 3.8) is 0 Å². The van der Waals surface area contributed by atoms with Crippen molar-refractivity contribution in [2.45, 2.75) is 12.3 Å². The fourth-order valence-electron chi connectivity index (χ4n) is 0.836. The van der Waals surface area contributed by atoms with Crippen LogP contribution in [0, 0.1) is 6.92 Å². The Morgan fingerprint density at radius 2 is 2.18 bits per heavy atom. The number of alkyl halides is 1. The summed E-state index contributed by atoms with van der Waals surface area (Å²) in [5, 5.41) is 0.689. The summed E-state index contributed by atoms with van der Waals surface area (Å²) in [5.41, 5.74) is 13.8. The first-order valence-electron chi connectivity index (χ1n) is 3.22. The van der Waals surface area contributed by atoms with Crippen LogP contribution in [0.5, 0.6) is 0 Å². The largest absolute Gasteiger partial charge is 0.398 e. The Bertz CT molecular complexity index is 273. The molecule has 60 valence electrons. The summed E-state index contributed by atoms with van der Waals surface area (Å²) in [6, 6.07) is 1.67. The average Bonchev–Trinajstić information content (AvgIpc) is 1.96. The topological polar surface area (TPSA) is 64.9 Å². The molecule has 3 nitrogen and oxygen atoms in total. The van der Waals surface area contributed by atoms with Gasteiger partial charge in [-0.15, -0.1) is 0 Å². The molecule has 0 atom stereocenters. The Morgan fingerprint density at radius 3 is 2.73 bits per heavy atom. The second-order valence-corrected chi connectivity index (χ2v) is 2.90. The van der Waals surface area contributed by atoms with Gasteiger partial charge < -0.3 is 11.5 Å². The van der Waals surface area contributed by atoms with E-state index in [4.69, 9.17) is 11.5 Å². The highest BCUT2D eigenvalue weighted by Gasteiger charge is 2.02. The van der Waals surface area contributed by atoms with Crippen LogP contribution in [0.1, 0.15) is 11.3 Å². The number of hydrogen-bond donors (Lipinski definition) is 2. The van der Waals surface area contributed by atoms with Gasteiger partial charge in [-0.2, -0.15) is 0 Å². The number of nitrogens with two attached hydrogens (primary N) is 2. The maximum absolute atomic E-state index is 5.66. The van der Waals surface area contributed by atoms with E-state index in [1.807, 2.05) is 6.92 Å². The second-order valence-electron chi connectivity index (χ2n) is 2.34. The first-order chi connectivity index (χ1) is 5.15. The summed E-state index contributed by atoms with van der Waals surface area (Å²) >= 11 is 3.30. The van der Waals surface area contributed by atoms with Crippen LogP contribution in [-0.4, -0.2) is 4.98 Å². The van der Waals surface area contributed by atoms with Crippen molar-refractivity contribution in [3.8, 4) is 0 Å². The van der Waals surface area contributed by atoms with E-state index in [-0.39, 0.29) is 0 Å². The molecule has 0 aliphatic carbocycles. The highest BCUT2D eigenvalue weighted by molar-refractivity contribution is 9.08. The quantitative estimate of drug-likeness (QED) is 0.698. The molecule has 0 aliphatic heterocycles. The van der Waals surface area contributed by atoms with Crippen molar-refractivity contribution in [1.29, 1.82) is 0 Å². The van der Waals surface area contributed by atoms with Crippen LogP contribution in [-0.2, 0) is 5.33 Å². The zero-order valence-electron chi connectivity index (χ0n) is 6.26. The van der Waals surface area contributed by atoms with Gasteiger partial charge in [0.15, 0.2) is 0 Å². The molecular formula is C7H10BrN3. The third-order valence-electron chi connectivity index (χ3n) is 1.56. The lowest BCUT2D eigenvalue weighted by atomic mass is 10.2. The molecule has 1 aromatic heterocycles. The normalized spacial score (nSPS) is 10.0. The second kappa shape index (κ2) is 3.09. The van der Waals surface area contributed by atoms with Crippen molar-refractivity contribution in [3.05, 3.63) is 17.3 Å². The number of nitrogen functional groups attached to an aromatic ring is 2. The molecule has 0 radical (unpaired) electrons. The first kappa shape index (κ1) is 8.33. The fraction of sp³-hybridized carbons (Fsp3) is 0.286. The molecule has 0 aliphatic rings. The van der Waals surface area contributed by atoms with E-state index in [0.717, 1.165) is 11.3 Å². The minimum Gasteiger partial charge on any atom is -0.398 e. The van der Waals surface area contributed by atoms with Gasteiger partial charge in [0.1, 0.15) is 5.82 Å². The molecular weight excluding hydrogens is 206 g/mol. The molecule has 0 aromatic carbocycles. The number of nitrogens with zero attached hydrogens (tertiary/aromatic N) is 1. The molecule has 4 heteroatoms. The number of hydrogen-bond acceptors (Lipinski definition) is 3. The minimum atomic E-state index is 0.475. The molecule has 1 heterocycles. The minimum absolute atomic E-state index is 0.475. The van der Waals surface area contributed by atoms with Gasteiger partial charge in [-0.1, -0.05) is 15.9 Å². The third kappa shape index (κ3) is 1.63. The summed E-state index contributed by atoms with van der Waals surface area (Å²) < 4.78 is 0. The van der Waals surface area contributed by atoms with E-state index in [9.17, 15) is 0 Å². The highest BCUT2D eigenvalue weighted by atomic mass is 79.9. The summed E-state index contributed by atoms with van der Waals surface area (Å²) in [7, 11) is 0. The highest BCUT2D eigenvalue weighted by Crippen LogP contribution is 2.18. The smallest absolute Gasteiger partial charge is 0.125 e. The molecule has 0 saturated carbocycles. The van der Waals surface area contributed by atoms with E-state index in [1.54, 1.807) is 6.07 Å². The molecule has 1 aromatic rings. The molecule has 0 amide bonds. The Morgan fingerprint density at radius 1 is 1.55 bits per heavy atom. The predicted octanol–water partition coefficient (Wildman–Crippen LogP) is 1.45. The van der Waals surface area contributed by atoms with E-state index < -0.39 is 0 Å². The third-order valence-corrected chi connectivity index (χ3v) is 2.09. The van der Waals surface area contributed by atoms with Gasteiger partial charge in [-0.05, 0) is 12.5 Å². The van der Waals surface area contributed by atoms with Crippen LogP contribution in [0.2, 0.25) is 0 Å². The zero-order valence-corrected chi connectivity index (χ0v) is 7.85. The maximum atomic E-state index is 5.66. The molecule has 11 heavy (non-hydrogen) atoms. The lowest BCUT2D eigenvalue weighted by molar-refractivity contribution is 1.15. The Labute approximate surface area is 73.9 Å². The molecule has 0 spiro atoms. The van der Waals surface area contributed by atoms with Crippen LogP contribution in [0.25, 0.3) is 0 Å².